The average molecular weight is 290 g/mol. The molecule has 2 bridgehead atoms. The molecule has 4 rings (SSSR count). The van der Waals surface area contributed by atoms with Gasteiger partial charge in [0.25, 0.3) is 0 Å². The SMILES string of the molecule is CC1(C)CCC[C@@]2(C)[C@H]1CC[C@]13C[C@H](CC[C@@H]12)[C@](C)(O)C3. The summed E-state index contributed by atoms with van der Waals surface area (Å²) < 4.78 is 0. The topological polar surface area (TPSA) is 20.2 Å². The van der Waals surface area contributed by atoms with E-state index >= 15 is 0 Å². The summed E-state index contributed by atoms with van der Waals surface area (Å²) in [6.07, 6.45) is 12.2. The van der Waals surface area contributed by atoms with Gasteiger partial charge in [0.05, 0.1) is 5.60 Å². The fraction of sp³-hybridized carbons (Fsp3) is 1.00. The Morgan fingerprint density at radius 1 is 0.857 bits per heavy atom. The van der Waals surface area contributed by atoms with Gasteiger partial charge in [-0.2, -0.15) is 0 Å². The van der Waals surface area contributed by atoms with Crippen molar-refractivity contribution in [1.29, 1.82) is 0 Å². The van der Waals surface area contributed by atoms with Crippen molar-refractivity contribution in [2.75, 3.05) is 0 Å². The molecule has 21 heavy (non-hydrogen) atoms. The first kappa shape index (κ1) is 14.5. The number of aliphatic hydroxyl groups is 1. The highest BCUT2D eigenvalue weighted by atomic mass is 16.3. The third-order valence-corrected chi connectivity index (χ3v) is 8.79. The first-order chi connectivity index (χ1) is 9.70. The summed E-state index contributed by atoms with van der Waals surface area (Å²) in [4.78, 5) is 0. The molecule has 4 aliphatic rings. The van der Waals surface area contributed by atoms with Crippen molar-refractivity contribution in [3.05, 3.63) is 0 Å². The minimum absolute atomic E-state index is 0.373. The Kier molecular flexibility index (Phi) is 2.82. The van der Waals surface area contributed by atoms with Crippen LogP contribution in [0.4, 0.5) is 0 Å². The normalized spacial score (nSPS) is 58.4. The number of hydrogen-bond acceptors (Lipinski definition) is 1. The fourth-order valence-corrected chi connectivity index (χ4v) is 8.12. The standard InChI is InChI=1S/C20H34O/c1-17(2)9-5-10-18(3)15(17)8-11-20-12-14(6-7-16(18)20)19(4,21)13-20/h14-16,21H,5-13H2,1-4H3/t14-,15-,16+,18-,19+,20+/m0/s1. The third-order valence-electron chi connectivity index (χ3n) is 8.79. The molecule has 0 saturated heterocycles. The van der Waals surface area contributed by atoms with Gasteiger partial charge >= 0.3 is 0 Å². The molecule has 0 radical (unpaired) electrons. The molecule has 1 heteroatoms. The van der Waals surface area contributed by atoms with Crippen LogP contribution in [0.1, 0.15) is 85.5 Å². The second-order valence-corrected chi connectivity index (χ2v) is 10.4. The molecule has 4 aliphatic carbocycles. The predicted octanol–water partition coefficient (Wildman–Crippen LogP) is 5.17. The van der Waals surface area contributed by atoms with Crippen molar-refractivity contribution in [3.63, 3.8) is 0 Å². The zero-order valence-corrected chi connectivity index (χ0v) is 14.5. The van der Waals surface area contributed by atoms with Crippen molar-refractivity contribution < 1.29 is 5.11 Å². The zero-order chi connectivity index (χ0) is 15.1. The van der Waals surface area contributed by atoms with Crippen molar-refractivity contribution in [2.45, 2.75) is 91.1 Å². The van der Waals surface area contributed by atoms with Crippen LogP contribution in [0.2, 0.25) is 0 Å². The van der Waals surface area contributed by atoms with Gasteiger partial charge in [-0.25, -0.2) is 0 Å². The molecule has 0 heterocycles. The minimum atomic E-state index is -0.373. The first-order valence-electron chi connectivity index (χ1n) is 9.42. The summed E-state index contributed by atoms with van der Waals surface area (Å²) in [5.74, 6) is 2.38. The molecular weight excluding hydrogens is 256 g/mol. The molecule has 0 aromatic carbocycles. The minimum Gasteiger partial charge on any atom is -0.390 e. The van der Waals surface area contributed by atoms with E-state index in [1.807, 2.05) is 0 Å². The van der Waals surface area contributed by atoms with Gasteiger partial charge in [-0.15, -0.1) is 0 Å². The van der Waals surface area contributed by atoms with E-state index in [2.05, 4.69) is 27.7 Å². The molecule has 4 fully saturated rings. The molecule has 0 unspecified atom stereocenters. The molecule has 0 amide bonds. The first-order valence-corrected chi connectivity index (χ1v) is 9.42. The Balaban J connectivity index is 1.73. The van der Waals surface area contributed by atoms with E-state index < -0.39 is 0 Å². The molecule has 1 nitrogen and oxygen atoms in total. The van der Waals surface area contributed by atoms with Crippen LogP contribution < -0.4 is 0 Å². The van der Waals surface area contributed by atoms with E-state index in [0.29, 0.717) is 22.2 Å². The Labute approximate surface area is 130 Å². The number of fused-ring (bicyclic) bond motifs is 3. The maximum absolute atomic E-state index is 10.9. The van der Waals surface area contributed by atoms with Crippen molar-refractivity contribution in [1.82, 2.24) is 0 Å². The molecule has 6 atom stereocenters. The van der Waals surface area contributed by atoms with Crippen LogP contribution in [-0.4, -0.2) is 10.7 Å². The summed E-state index contributed by atoms with van der Waals surface area (Å²) in [7, 11) is 0. The second kappa shape index (κ2) is 4.08. The lowest BCUT2D eigenvalue weighted by Crippen LogP contribution is -2.55. The monoisotopic (exact) mass is 290 g/mol. The molecule has 0 aromatic heterocycles. The van der Waals surface area contributed by atoms with Crippen molar-refractivity contribution >= 4 is 0 Å². The lowest BCUT2D eigenvalue weighted by Gasteiger charge is -2.64. The summed E-state index contributed by atoms with van der Waals surface area (Å²) in [6.45, 7) is 9.83. The van der Waals surface area contributed by atoms with Crippen LogP contribution >= 0.6 is 0 Å². The summed E-state index contributed by atoms with van der Waals surface area (Å²) in [5, 5.41) is 10.9. The van der Waals surface area contributed by atoms with Gasteiger partial charge in [0.15, 0.2) is 0 Å². The van der Waals surface area contributed by atoms with Gasteiger partial charge in [0.2, 0.25) is 0 Å². The average Bonchev–Trinajstić information content (AvgIpc) is 2.53. The lowest BCUT2D eigenvalue weighted by molar-refractivity contribution is -0.145. The maximum atomic E-state index is 10.9. The van der Waals surface area contributed by atoms with E-state index in [9.17, 15) is 5.11 Å². The quantitative estimate of drug-likeness (QED) is 0.652. The molecule has 0 aliphatic heterocycles. The van der Waals surface area contributed by atoms with Crippen LogP contribution in [-0.2, 0) is 0 Å². The van der Waals surface area contributed by atoms with E-state index in [1.54, 1.807) is 0 Å². The zero-order valence-electron chi connectivity index (χ0n) is 14.5. The molecule has 1 N–H and O–H groups in total. The van der Waals surface area contributed by atoms with Gasteiger partial charge in [0.1, 0.15) is 0 Å². The summed E-state index contributed by atoms with van der Waals surface area (Å²) in [6, 6.07) is 0. The van der Waals surface area contributed by atoms with Crippen LogP contribution in [0.25, 0.3) is 0 Å². The van der Waals surface area contributed by atoms with Crippen LogP contribution in [0.5, 0.6) is 0 Å². The highest BCUT2D eigenvalue weighted by Gasteiger charge is 2.65. The fourth-order valence-electron chi connectivity index (χ4n) is 8.12. The third kappa shape index (κ3) is 1.79. The predicted molar refractivity (Wildman–Crippen MR) is 87.0 cm³/mol. The van der Waals surface area contributed by atoms with Crippen molar-refractivity contribution in [3.8, 4) is 0 Å². The van der Waals surface area contributed by atoms with Crippen LogP contribution in [0.3, 0.4) is 0 Å². The Morgan fingerprint density at radius 2 is 1.62 bits per heavy atom. The van der Waals surface area contributed by atoms with Crippen molar-refractivity contribution in [2.24, 2.45) is 34.0 Å². The maximum Gasteiger partial charge on any atom is 0.0653 e. The van der Waals surface area contributed by atoms with E-state index in [4.69, 9.17) is 0 Å². The molecule has 0 aromatic rings. The van der Waals surface area contributed by atoms with Gasteiger partial charge in [-0.05, 0) is 92.3 Å². The van der Waals surface area contributed by atoms with Gasteiger partial charge in [-0.3, -0.25) is 0 Å². The van der Waals surface area contributed by atoms with Gasteiger partial charge in [-0.1, -0.05) is 27.2 Å². The summed E-state index contributed by atoms with van der Waals surface area (Å²) >= 11 is 0. The molecule has 1 spiro atoms. The van der Waals surface area contributed by atoms with Gasteiger partial charge < -0.3 is 5.11 Å². The molecular formula is C20H34O. The highest BCUT2D eigenvalue weighted by molar-refractivity contribution is 5.15. The number of rotatable bonds is 0. The van der Waals surface area contributed by atoms with Crippen LogP contribution in [0, 0.1) is 34.0 Å². The lowest BCUT2D eigenvalue weighted by atomic mass is 9.41. The van der Waals surface area contributed by atoms with E-state index in [0.717, 1.165) is 18.3 Å². The Morgan fingerprint density at radius 3 is 2.38 bits per heavy atom. The highest BCUT2D eigenvalue weighted by Crippen LogP contribution is 2.72. The summed E-state index contributed by atoms with van der Waals surface area (Å²) in [5.41, 5.74) is 1.20. The Bertz CT molecular complexity index is 451. The van der Waals surface area contributed by atoms with Gasteiger partial charge in [0, 0.05) is 0 Å². The van der Waals surface area contributed by atoms with E-state index in [-0.39, 0.29) is 5.60 Å². The largest absolute Gasteiger partial charge is 0.390 e. The van der Waals surface area contributed by atoms with E-state index in [1.165, 1.54) is 51.4 Å². The molecule has 120 valence electrons. The number of hydrogen-bond donors (Lipinski definition) is 1. The Hall–Kier alpha value is -0.0400. The smallest absolute Gasteiger partial charge is 0.0653 e. The van der Waals surface area contributed by atoms with Crippen LogP contribution in [0.15, 0.2) is 0 Å². The molecule has 4 saturated carbocycles. The second-order valence-electron chi connectivity index (χ2n) is 10.4.